The van der Waals surface area contributed by atoms with Crippen molar-refractivity contribution >= 4 is 11.8 Å². The van der Waals surface area contributed by atoms with Crippen LogP contribution in [0, 0.1) is 6.92 Å². The van der Waals surface area contributed by atoms with Gasteiger partial charge in [-0.3, -0.25) is 20.4 Å². The van der Waals surface area contributed by atoms with Crippen molar-refractivity contribution in [1.82, 2.24) is 30.4 Å². The minimum atomic E-state index is -0.731. The molecule has 2 amide bonds. The topological polar surface area (TPSA) is 114 Å². The summed E-state index contributed by atoms with van der Waals surface area (Å²) < 4.78 is 3.19. The first-order valence-electron chi connectivity index (χ1n) is 10.6. The number of aromatic hydroxyl groups is 1. The first-order chi connectivity index (χ1) is 16.0. The van der Waals surface area contributed by atoms with Crippen molar-refractivity contribution in [2.24, 2.45) is 0 Å². The molecule has 9 heteroatoms. The Labute approximate surface area is 189 Å². The van der Waals surface area contributed by atoms with E-state index in [2.05, 4.69) is 21.0 Å². The molecule has 0 unspecified atom stereocenters. The van der Waals surface area contributed by atoms with Crippen LogP contribution in [0.2, 0.25) is 0 Å². The number of carbonyl (C=O) groups is 2. The summed E-state index contributed by atoms with van der Waals surface area (Å²) in [6.45, 7) is 2.01. The zero-order valence-corrected chi connectivity index (χ0v) is 17.9. The number of aryl methyl sites for hydroxylation is 1. The monoisotopic (exact) mass is 442 g/mol. The molecule has 1 aliphatic carbocycles. The minimum Gasteiger partial charge on any atom is -0.504 e. The van der Waals surface area contributed by atoms with Crippen molar-refractivity contribution in [2.45, 2.75) is 26.2 Å². The van der Waals surface area contributed by atoms with Crippen LogP contribution in [0.15, 0.2) is 60.8 Å². The Morgan fingerprint density at radius 1 is 0.879 bits per heavy atom. The van der Waals surface area contributed by atoms with Crippen LogP contribution in [-0.4, -0.2) is 36.5 Å². The predicted molar refractivity (Wildman–Crippen MR) is 120 cm³/mol. The third-order valence-electron chi connectivity index (χ3n) is 5.64. The van der Waals surface area contributed by atoms with Gasteiger partial charge < -0.3 is 5.11 Å². The molecule has 2 aromatic heterocycles. The van der Waals surface area contributed by atoms with Gasteiger partial charge in [-0.2, -0.15) is 10.2 Å². The Morgan fingerprint density at radius 3 is 2.30 bits per heavy atom. The lowest BCUT2D eigenvalue weighted by Gasteiger charge is -2.06. The molecule has 5 rings (SSSR count). The smallest absolute Gasteiger partial charge is 0.294 e. The molecule has 9 nitrogen and oxygen atoms in total. The molecule has 0 saturated carbocycles. The Kier molecular flexibility index (Phi) is 5.14. The molecular formula is C24H22N6O3. The van der Waals surface area contributed by atoms with Gasteiger partial charge in [-0.05, 0) is 50.5 Å². The zero-order valence-electron chi connectivity index (χ0n) is 17.9. The first-order valence-corrected chi connectivity index (χ1v) is 10.6. The van der Waals surface area contributed by atoms with Crippen molar-refractivity contribution < 1.29 is 14.7 Å². The summed E-state index contributed by atoms with van der Waals surface area (Å²) in [4.78, 5) is 25.4. The predicted octanol–water partition coefficient (Wildman–Crippen LogP) is 2.64. The lowest BCUT2D eigenvalue weighted by molar-refractivity contribution is 0.0838. The second kappa shape index (κ2) is 8.27. The van der Waals surface area contributed by atoms with Gasteiger partial charge in [-0.15, -0.1) is 0 Å². The normalized spacial score (nSPS) is 12.4. The number of hydrogen-bond donors (Lipinski definition) is 3. The van der Waals surface area contributed by atoms with Crippen LogP contribution in [0.1, 0.15) is 44.2 Å². The van der Waals surface area contributed by atoms with E-state index in [4.69, 9.17) is 0 Å². The number of carbonyl (C=O) groups excluding carboxylic acids is 2. The number of benzene rings is 2. The molecule has 0 aliphatic heterocycles. The minimum absolute atomic E-state index is 0.199. The van der Waals surface area contributed by atoms with Gasteiger partial charge in [0.05, 0.1) is 17.6 Å². The summed E-state index contributed by atoms with van der Waals surface area (Å²) in [5, 5.41) is 18.8. The maximum absolute atomic E-state index is 12.9. The lowest BCUT2D eigenvalue weighted by atomic mass is 10.2. The van der Waals surface area contributed by atoms with Crippen LogP contribution in [0.3, 0.4) is 0 Å². The van der Waals surface area contributed by atoms with Gasteiger partial charge in [-0.1, -0.05) is 35.9 Å². The van der Waals surface area contributed by atoms with E-state index in [1.807, 2.05) is 49.4 Å². The highest BCUT2D eigenvalue weighted by Gasteiger charge is 2.27. The Bertz CT molecular complexity index is 1340. The van der Waals surface area contributed by atoms with Gasteiger partial charge in [0.1, 0.15) is 0 Å². The van der Waals surface area contributed by atoms with Crippen molar-refractivity contribution in [3.8, 4) is 17.1 Å². The summed E-state index contributed by atoms with van der Waals surface area (Å²) in [5.41, 5.74) is 9.42. The van der Waals surface area contributed by atoms with E-state index in [1.165, 1.54) is 10.9 Å². The second-order valence-corrected chi connectivity index (χ2v) is 7.93. The molecule has 0 bridgehead atoms. The summed E-state index contributed by atoms with van der Waals surface area (Å²) in [6.07, 6.45) is 3.86. The molecule has 2 aromatic carbocycles. The molecule has 4 aromatic rings. The fourth-order valence-corrected chi connectivity index (χ4v) is 3.99. The number of hydrogen-bond acceptors (Lipinski definition) is 5. The van der Waals surface area contributed by atoms with Gasteiger partial charge in [0.2, 0.25) is 0 Å². The van der Waals surface area contributed by atoms with Gasteiger partial charge in [0, 0.05) is 11.3 Å². The highest BCUT2D eigenvalue weighted by atomic mass is 16.3. The first kappa shape index (κ1) is 20.5. The van der Waals surface area contributed by atoms with Gasteiger partial charge in [0.25, 0.3) is 11.8 Å². The van der Waals surface area contributed by atoms with E-state index in [0.29, 0.717) is 5.69 Å². The van der Waals surface area contributed by atoms with E-state index in [9.17, 15) is 14.7 Å². The maximum Gasteiger partial charge on any atom is 0.294 e. The number of para-hydroxylation sites is 1. The SMILES string of the molecule is Cc1ccc(-n2nc(C(=O)NNC(=O)c3nn(-c4ccccc4)cc3O)c3c2CCC3)cc1. The van der Waals surface area contributed by atoms with Crippen LogP contribution >= 0.6 is 0 Å². The number of fused-ring (bicyclic) bond motifs is 1. The average molecular weight is 442 g/mol. The molecule has 0 fully saturated rings. The quantitative estimate of drug-likeness (QED) is 0.421. The Morgan fingerprint density at radius 2 is 1.58 bits per heavy atom. The highest BCUT2D eigenvalue weighted by Crippen LogP contribution is 2.28. The van der Waals surface area contributed by atoms with E-state index >= 15 is 0 Å². The highest BCUT2D eigenvalue weighted by molar-refractivity contribution is 5.99. The molecule has 166 valence electrons. The summed E-state index contributed by atoms with van der Waals surface area (Å²) in [6, 6.07) is 17.0. The van der Waals surface area contributed by atoms with Crippen LogP contribution in [-0.2, 0) is 12.8 Å². The molecule has 2 heterocycles. The molecule has 0 radical (unpaired) electrons. The second-order valence-electron chi connectivity index (χ2n) is 7.93. The number of hydrazine groups is 1. The largest absolute Gasteiger partial charge is 0.504 e. The molecule has 33 heavy (non-hydrogen) atoms. The fourth-order valence-electron chi connectivity index (χ4n) is 3.99. The molecule has 0 atom stereocenters. The van der Waals surface area contributed by atoms with Crippen molar-refractivity contribution in [2.75, 3.05) is 0 Å². The fraction of sp³-hybridized carbons (Fsp3) is 0.167. The van der Waals surface area contributed by atoms with Crippen LogP contribution in [0.25, 0.3) is 11.4 Å². The zero-order chi connectivity index (χ0) is 22.9. The van der Waals surface area contributed by atoms with Crippen molar-refractivity contribution in [1.29, 1.82) is 0 Å². The lowest BCUT2D eigenvalue weighted by Crippen LogP contribution is -2.42. The van der Waals surface area contributed by atoms with E-state index in [-0.39, 0.29) is 17.1 Å². The molecule has 0 spiro atoms. The molecule has 0 saturated heterocycles. The number of nitrogens with zero attached hydrogens (tertiary/aromatic N) is 4. The summed E-state index contributed by atoms with van der Waals surface area (Å²) >= 11 is 0. The average Bonchev–Trinajstić information content (AvgIpc) is 3.54. The third kappa shape index (κ3) is 3.84. The van der Waals surface area contributed by atoms with Gasteiger partial charge in [0.15, 0.2) is 17.1 Å². The Hall–Kier alpha value is -4.40. The number of rotatable bonds is 4. The molecular weight excluding hydrogens is 420 g/mol. The Balaban J connectivity index is 1.33. The van der Waals surface area contributed by atoms with Crippen LogP contribution in [0.5, 0.6) is 5.75 Å². The summed E-state index contributed by atoms with van der Waals surface area (Å²) in [7, 11) is 0. The van der Waals surface area contributed by atoms with Gasteiger partial charge in [-0.25, -0.2) is 9.36 Å². The van der Waals surface area contributed by atoms with Gasteiger partial charge >= 0.3 is 0 Å². The van der Waals surface area contributed by atoms with Crippen molar-refractivity contribution in [3.63, 3.8) is 0 Å². The van der Waals surface area contributed by atoms with Crippen molar-refractivity contribution in [3.05, 3.63) is 89.0 Å². The number of nitrogens with one attached hydrogen (secondary N) is 2. The standard InChI is InChI=1S/C24H22N6O3/c1-15-10-12-17(13-11-15)30-19-9-5-8-18(19)21(28-30)23(32)25-26-24(33)22-20(31)14-29(27-22)16-6-3-2-4-7-16/h2-4,6-7,10-14,31H,5,8-9H2,1H3,(H,25,32)(H,26,33). The van der Waals surface area contributed by atoms with E-state index in [1.54, 1.807) is 16.8 Å². The third-order valence-corrected chi connectivity index (χ3v) is 5.64. The van der Waals surface area contributed by atoms with E-state index in [0.717, 1.165) is 41.8 Å². The number of amides is 2. The summed E-state index contributed by atoms with van der Waals surface area (Å²) in [5.74, 6) is -1.55. The van der Waals surface area contributed by atoms with Crippen LogP contribution in [0.4, 0.5) is 0 Å². The molecule has 1 aliphatic rings. The number of aromatic nitrogens is 4. The molecule has 3 N–H and O–H groups in total. The maximum atomic E-state index is 12.9. The van der Waals surface area contributed by atoms with Crippen LogP contribution < -0.4 is 10.9 Å². The van der Waals surface area contributed by atoms with E-state index < -0.39 is 11.8 Å².